The van der Waals surface area contributed by atoms with Crippen LogP contribution in [0.5, 0.6) is 5.75 Å². The number of esters is 1. The van der Waals surface area contributed by atoms with Gasteiger partial charge in [-0.15, -0.1) is 0 Å². The molecular formula is C29H34N2O4. The maximum atomic E-state index is 12.8. The van der Waals surface area contributed by atoms with E-state index in [1.54, 1.807) is 14.2 Å². The highest BCUT2D eigenvalue weighted by atomic mass is 16.6. The Morgan fingerprint density at radius 3 is 2.69 bits per heavy atom. The van der Waals surface area contributed by atoms with Gasteiger partial charge in [-0.2, -0.15) is 0 Å². The lowest BCUT2D eigenvalue weighted by atomic mass is 9.64. The summed E-state index contributed by atoms with van der Waals surface area (Å²) in [6.07, 6.45) is 2.69. The maximum absolute atomic E-state index is 12.8. The Morgan fingerprint density at radius 1 is 1.09 bits per heavy atom. The fourth-order valence-electron chi connectivity index (χ4n) is 7.07. The smallest absolute Gasteiger partial charge is 0.338 e. The van der Waals surface area contributed by atoms with Crippen LogP contribution in [0.3, 0.4) is 0 Å². The summed E-state index contributed by atoms with van der Waals surface area (Å²) in [5.41, 5.74) is 4.60. The lowest BCUT2D eigenvalue weighted by molar-refractivity contribution is -0.131. The zero-order valence-electron chi connectivity index (χ0n) is 20.7. The Kier molecular flexibility index (Phi) is 5.81. The van der Waals surface area contributed by atoms with Gasteiger partial charge in [-0.05, 0) is 66.8 Å². The Balaban J connectivity index is 1.25. The Bertz CT molecular complexity index is 1220. The zero-order chi connectivity index (χ0) is 24.1. The normalized spacial score (nSPS) is 30.3. The van der Waals surface area contributed by atoms with Gasteiger partial charge in [0.15, 0.2) is 0 Å². The molecule has 6 heteroatoms. The molecule has 0 unspecified atom stereocenters. The van der Waals surface area contributed by atoms with Crippen molar-refractivity contribution < 1.29 is 19.0 Å². The van der Waals surface area contributed by atoms with E-state index in [0.717, 1.165) is 43.6 Å². The first-order valence-corrected chi connectivity index (χ1v) is 12.8. The molecule has 1 N–H and O–H groups in total. The minimum atomic E-state index is -0.256. The lowest BCUT2D eigenvalue weighted by Gasteiger charge is -2.53. The number of nitrogens with one attached hydrogen (secondary N) is 1. The number of carbonyl (C=O) groups is 1. The van der Waals surface area contributed by atoms with Crippen LogP contribution < -0.4 is 4.74 Å². The molecule has 0 spiro atoms. The van der Waals surface area contributed by atoms with E-state index < -0.39 is 0 Å². The van der Waals surface area contributed by atoms with Crippen LogP contribution in [-0.4, -0.2) is 55.4 Å². The number of rotatable bonds is 4. The van der Waals surface area contributed by atoms with Crippen LogP contribution >= 0.6 is 0 Å². The molecule has 1 aliphatic carbocycles. The topological polar surface area (TPSA) is 63.8 Å². The van der Waals surface area contributed by atoms with E-state index in [4.69, 9.17) is 14.2 Å². The van der Waals surface area contributed by atoms with Gasteiger partial charge in [0.2, 0.25) is 0 Å². The number of aromatic nitrogens is 1. The average Bonchev–Trinajstić information content (AvgIpc) is 3.26. The molecule has 184 valence electrons. The van der Waals surface area contributed by atoms with Crippen molar-refractivity contribution in [3.63, 3.8) is 0 Å². The van der Waals surface area contributed by atoms with Crippen molar-refractivity contribution >= 4 is 16.9 Å². The third kappa shape index (κ3) is 3.83. The third-order valence-electron chi connectivity index (χ3n) is 8.77. The van der Waals surface area contributed by atoms with Crippen LogP contribution in [0.15, 0.2) is 48.5 Å². The number of carbonyl (C=O) groups excluding carboxylic acids is 1. The van der Waals surface area contributed by atoms with E-state index in [0.29, 0.717) is 29.4 Å². The SMILES string of the molecule is COc1ccc2c3c([nH]c2c1)[C@H]1C[C@H]2[C@H](C[C@@H](OC(=O)c4ccccc4)[C@H](OC)[C@H]2C)CN1CC3. The van der Waals surface area contributed by atoms with E-state index in [1.807, 2.05) is 30.3 Å². The van der Waals surface area contributed by atoms with Gasteiger partial charge in [-0.3, -0.25) is 4.90 Å². The number of hydrogen-bond donors (Lipinski definition) is 1. The Hall–Kier alpha value is -2.83. The van der Waals surface area contributed by atoms with Crippen LogP contribution in [0.4, 0.5) is 0 Å². The van der Waals surface area contributed by atoms with Gasteiger partial charge in [0.25, 0.3) is 0 Å². The summed E-state index contributed by atoms with van der Waals surface area (Å²) in [4.78, 5) is 19.2. The minimum Gasteiger partial charge on any atom is -0.497 e. The zero-order valence-corrected chi connectivity index (χ0v) is 20.7. The number of ether oxygens (including phenoxy) is 3. The van der Waals surface area contributed by atoms with E-state index in [2.05, 4.69) is 35.0 Å². The van der Waals surface area contributed by atoms with Gasteiger partial charge in [0.05, 0.1) is 24.8 Å². The molecule has 6 atom stereocenters. The van der Waals surface area contributed by atoms with Crippen molar-refractivity contribution in [3.05, 3.63) is 65.4 Å². The molecule has 3 aromatic rings. The molecule has 0 amide bonds. The number of H-pyrrole nitrogens is 1. The molecule has 2 fully saturated rings. The molecule has 1 saturated carbocycles. The van der Waals surface area contributed by atoms with Gasteiger partial charge < -0.3 is 19.2 Å². The molecule has 1 saturated heterocycles. The predicted octanol–water partition coefficient (Wildman–Crippen LogP) is 4.99. The van der Waals surface area contributed by atoms with Gasteiger partial charge in [0, 0.05) is 42.9 Å². The van der Waals surface area contributed by atoms with Crippen molar-refractivity contribution in [2.24, 2.45) is 17.8 Å². The van der Waals surface area contributed by atoms with Crippen LogP contribution in [0.1, 0.15) is 47.4 Å². The van der Waals surface area contributed by atoms with Gasteiger partial charge in [-0.25, -0.2) is 4.79 Å². The van der Waals surface area contributed by atoms with E-state index in [-0.39, 0.29) is 18.2 Å². The highest BCUT2D eigenvalue weighted by Crippen LogP contribution is 2.50. The summed E-state index contributed by atoms with van der Waals surface area (Å²) >= 11 is 0. The number of nitrogens with zero attached hydrogens (tertiary/aromatic N) is 1. The summed E-state index contributed by atoms with van der Waals surface area (Å²) in [6, 6.07) is 16.0. The third-order valence-corrected chi connectivity index (χ3v) is 8.77. The monoisotopic (exact) mass is 474 g/mol. The van der Waals surface area contributed by atoms with Gasteiger partial charge >= 0.3 is 5.97 Å². The van der Waals surface area contributed by atoms with Crippen molar-refractivity contribution in [1.29, 1.82) is 0 Å². The second-order valence-corrected chi connectivity index (χ2v) is 10.5. The quantitative estimate of drug-likeness (QED) is 0.540. The Morgan fingerprint density at radius 2 is 1.91 bits per heavy atom. The summed E-state index contributed by atoms with van der Waals surface area (Å²) < 4.78 is 17.5. The highest BCUT2D eigenvalue weighted by Gasteiger charge is 2.50. The molecule has 2 aliphatic heterocycles. The molecule has 6 rings (SSSR count). The fourth-order valence-corrected chi connectivity index (χ4v) is 7.07. The first-order valence-electron chi connectivity index (χ1n) is 12.8. The van der Waals surface area contributed by atoms with Crippen molar-refractivity contribution in [3.8, 4) is 5.75 Å². The number of piperidine rings is 1. The molecule has 1 aromatic heterocycles. The summed E-state index contributed by atoms with van der Waals surface area (Å²) in [5, 5.41) is 1.32. The van der Waals surface area contributed by atoms with Crippen molar-refractivity contribution in [2.75, 3.05) is 27.3 Å². The molecule has 2 aromatic carbocycles. The predicted molar refractivity (Wildman–Crippen MR) is 135 cm³/mol. The number of fused-ring (bicyclic) bond motifs is 6. The van der Waals surface area contributed by atoms with E-state index in [1.165, 1.54) is 16.6 Å². The van der Waals surface area contributed by atoms with Crippen LogP contribution in [-0.2, 0) is 15.9 Å². The summed E-state index contributed by atoms with van der Waals surface area (Å²) in [7, 11) is 3.47. The van der Waals surface area contributed by atoms with Crippen LogP contribution in [0.2, 0.25) is 0 Å². The average molecular weight is 475 g/mol. The second kappa shape index (κ2) is 8.99. The van der Waals surface area contributed by atoms with E-state index >= 15 is 0 Å². The molecule has 3 heterocycles. The van der Waals surface area contributed by atoms with Gasteiger partial charge in [0.1, 0.15) is 11.9 Å². The van der Waals surface area contributed by atoms with Crippen LogP contribution in [0.25, 0.3) is 10.9 Å². The molecule has 0 bridgehead atoms. The van der Waals surface area contributed by atoms with Crippen molar-refractivity contribution in [1.82, 2.24) is 9.88 Å². The van der Waals surface area contributed by atoms with Gasteiger partial charge in [-0.1, -0.05) is 25.1 Å². The molecule has 0 radical (unpaired) electrons. The maximum Gasteiger partial charge on any atom is 0.338 e. The molecule has 3 aliphatic rings. The fraction of sp³-hybridized carbons (Fsp3) is 0.483. The first kappa shape index (κ1) is 22.6. The lowest BCUT2D eigenvalue weighted by Crippen LogP contribution is -2.55. The Labute approximate surface area is 206 Å². The molecular weight excluding hydrogens is 440 g/mol. The molecule has 6 nitrogen and oxygen atoms in total. The summed E-state index contributed by atoms with van der Waals surface area (Å²) in [6.45, 7) is 4.38. The largest absolute Gasteiger partial charge is 0.497 e. The van der Waals surface area contributed by atoms with Crippen molar-refractivity contribution in [2.45, 2.75) is 44.4 Å². The summed E-state index contributed by atoms with van der Waals surface area (Å²) in [5.74, 6) is 1.96. The minimum absolute atomic E-state index is 0.0921. The highest BCUT2D eigenvalue weighted by molar-refractivity contribution is 5.89. The number of benzene rings is 2. The van der Waals surface area contributed by atoms with Crippen LogP contribution in [0, 0.1) is 17.8 Å². The van der Waals surface area contributed by atoms with E-state index in [9.17, 15) is 4.79 Å². The first-order chi connectivity index (χ1) is 17.1. The second-order valence-electron chi connectivity index (χ2n) is 10.5. The number of methoxy groups -OCH3 is 2. The molecule has 35 heavy (non-hydrogen) atoms. The standard InChI is InChI=1S/C29H34N2O4/c1-17-23-15-25-27-22(21-10-9-20(33-2)14-24(21)30-27)11-12-31(25)16-19(23)13-26(28(17)34-3)35-29(32)18-7-5-4-6-8-18/h4-10,14,17,19,23,25-26,28,30H,11-13,15-16H2,1-3H3/t17-,19+,23+,25+,26+,28+/m0/s1. The number of aromatic amines is 1. The number of hydrogen-bond acceptors (Lipinski definition) is 5.